The molecule has 2 rings (SSSR count). The summed E-state index contributed by atoms with van der Waals surface area (Å²) in [4.78, 5) is 5.05. The summed E-state index contributed by atoms with van der Waals surface area (Å²) in [5.41, 5.74) is 0. The average molecular weight is 327 g/mol. The fraction of sp³-hybridized carbons (Fsp3) is 0.600. The van der Waals surface area contributed by atoms with Crippen LogP contribution in [0.5, 0.6) is 5.75 Å². The molecule has 4 heteroatoms. The van der Waals surface area contributed by atoms with E-state index in [1.165, 1.54) is 32.7 Å². The third-order valence-corrected chi connectivity index (χ3v) is 4.14. The van der Waals surface area contributed by atoms with Crippen molar-refractivity contribution in [3.63, 3.8) is 0 Å². The van der Waals surface area contributed by atoms with Gasteiger partial charge in [0.2, 0.25) is 0 Å². The fourth-order valence-electron chi connectivity index (χ4n) is 2.34. The van der Waals surface area contributed by atoms with E-state index in [-0.39, 0.29) is 0 Å². The molecule has 1 heterocycles. The van der Waals surface area contributed by atoms with Crippen molar-refractivity contribution >= 4 is 15.9 Å². The van der Waals surface area contributed by atoms with E-state index in [1.54, 1.807) is 0 Å². The maximum atomic E-state index is 5.74. The van der Waals surface area contributed by atoms with Crippen LogP contribution in [-0.4, -0.2) is 55.7 Å². The molecule has 0 radical (unpaired) electrons. The van der Waals surface area contributed by atoms with Crippen LogP contribution in [-0.2, 0) is 0 Å². The molecular weight excluding hydrogens is 304 g/mol. The number of hydrogen-bond acceptors (Lipinski definition) is 3. The Bertz CT molecular complexity index is 361. The highest BCUT2D eigenvalue weighted by atomic mass is 79.9. The molecule has 1 aliphatic heterocycles. The Labute approximate surface area is 124 Å². The van der Waals surface area contributed by atoms with E-state index in [0.717, 1.165) is 29.8 Å². The van der Waals surface area contributed by atoms with E-state index in [2.05, 4.69) is 32.7 Å². The third kappa shape index (κ3) is 5.13. The lowest BCUT2D eigenvalue weighted by atomic mass is 10.3. The molecule has 3 nitrogen and oxygen atoms in total. The summed E-state index contributed by atoms with van der Waals surface area (Å²) in [5, 5.41) is 0. The Kier molecular flexibility index (Phi) is 6.14. The molecule has 19 heavy (non-hydrogen) atoms. The molecule has 1 fully saturated rings. The van der Waals surface area contributed by atoms with Crippen LogP contribution < -0.4 is 4.74 Å². The van der Waals surface area contributed by atoms with Gasteiger partial charge >= 0.3 is 0 Å². The first-order valence-corrected chi connectivity index (χ1v) is 7.90. The van der Waals surface area contributed by atoms with Crippen LogP contribution in [0.4, 0.5) is 0 Å². The lowest BCUT2D eigenvalue weighted by Gasteiger charge is -2.33. The number of hydrogen-bond donors (Lipinski definition) is 0. The van der Waals surface area contributed by atoms with Crippen LogP contribution in [0.3, 0.4) is 0 Å². The zero-order valence-corrected chi connectivity index (χ0v) is 13.2. The second-order valence-corrected chi connectivity index (χ2v) is 5.85. The molecular formula is C15H23BrN2O. The van der Waals surface area contributed by atoms with Crippen LogP contribution in [0.15, 0.2) is 28.7 Å². The standard InChI is InChI=1S/C15H23BrN2O/c1-2-17-9-11-18(12-10-17)8-3-13-19-15-6-4-14(16)5-7-15/h4-7H,2-3,8-13H2,1H3. The second kappa shape index (κ2) is 7.88. The number of likely N-dealkylation sites (N-methyl/N-ethyl adjacent to an activating group) is 1. The normalized spacial score (nSPS) is 17.6. The van der Waals surface area contributed by atoms with Gasteiger partial charge in [-0.25, -0.2) is 0 Å². The molecule has 0 saturated carbocycles. The van der Waals surface area contributed by atoms with E-state index < -0.39 is 0 Å². The molecule has 0 N–H and O–H groups in total. The summed E-state index contributed by atoms with van der Waals surface area (Å²) < 4.78 is 6.83. The van der Waals surface area contributed by atoms with Crippen LogP contribution in [0.1, 0.15) is 13.3 Å². The molecule has 0 spiro atoms. The van der Waals surface area contributed by atoms with Gasteiger partial charge in [-0.15, -0.1) is 0 Å². The quantitative estimate of drug-likeness (QED) is 0.747. The molecule has 106 valence electrons. The van der Waals surface area contributed by atoms with Gasteiger partial charge in [-0.1, -0.05) is 22.9 Å². The van der Waals surface area contributed by atoms with Gasteiger partial charge in [0.05, 0.1) is 6.61 Å². The van der Waals surface area contributed by atoms with Crippen LogP contribution in [0, 0.1) is 0 Å². The fourth-order valence-corrected chi connectivity index (χ4v) is 2.60. The van der Waals surface area contributed by atoms with Gasteiger partial charge in [0.25, 0.3) is 0 Å². The molecule has 0 bridgehead atoms. The summed E-state index contributed by atoms with van der Waals surface area (Å²) in [6, 6.07) is 8.03. The van der Waals surface area contributed by atoms with E-state index in [9.17, 15) is 0 Å². The molecule has 0 aromatic heterocycles. The first kappa shape index (κ1) is 14.8. The molecule has 0 aliphatic carbocycles. The SMILES string of the molecule is CCN1CCN(CCCOc2ccc(Br)cc2)CC1. The lowest BCUT2D eigenvalue weighted by molar-refractivity contribution is 0.130. The predicted octanol–water partition coefficient (Wildman–Crippen LogP) is 2.86. The number of piperazine rings is 1. The number of ether oxygens (including phenoxy) is 1. The topological polar surface area (TPSA) is 15.7 Å². The van der Waals surface area contributed by atoms with Gasteiger partial charge in [-0.05, 0) is 37.2 Å². The van der Waals surface area contributed by atoms with Crippen molar-refractivity contribution in [3.05, 3.63) is 28.7 Å². The molecule has 1 saturated heterocycles. The highest BCUT2D eigenvalue weighted by Crippen LogP contribution is 2.16. The average Bonchev–Trinajstić information content (AvgIpc) is 2.46. The highest BCUT2D eigenvalue weighted by molar-refractivity contribution is 9.10. The van der Waals surface area contributed by atoms with Gasteiger partial charge in [-0.2, -0.15) is 0 Å². The van der Waals surface area contributed by atoms with Crippen molar-refractivity contribution in [2.24, 2.45) is 0 Å². The highest BCUT2D eigenvalue weighted by Gasteiger charge is 2.14. The molecule has 0 atom stereocenters. The summed E-state index contributed by atoms with van der Waals surface area (Å²) in [6.07, 6.45) is 1.10. The summed E-state index contributed by atoms with van der Waals surface area (Å²) >= 11 is 3.42. The minimum absolute atomic E-state index is 0.801. The Morgan fingerprint density at radius 1 is 1.05 bits per heavy atom. The first-order valence-electron chi connectivity index (χ1n) is 7.11. The number of nitrogens with zero attached hydrogens (tertiary/aromatic N) is 2. The minimum atomic E-state index is 0.801. The van der Waals surface area contributed by atoms with Crippen LogP contribution in [0.25, 0.3) is 0 Å². The van der Waals surface area contributed by atoms with Crippen molar-refractivity contribution in [1.29, 1.82) is 0 Å². The lowest BCUT2D eigenvalue weighted by Crippen LogP contribution is -2.46. The monoisotopic (exact) mass is 326 g/mol. The zero-order valence-electron chi connectivity index (χ0n) is 11.6. The smallest absolute Gasteiger partial charge is 0.119 e. The molecule has 1 aliphatic rings. The third-order valence-electron chi connectivity index (χ3n) is 3.61. The van der Waals surface area contributed by atoms with Crippen LogP contribution >= 0.6 is 15.9 Å². The van der Waals surface area contributed by atoms with Gasteiger partial charge in [-0.3, -0.25) is 0 Å². The number of benzene rings is 1. The number of halogens is 1. The Morgan fingerprint density at radius 2 is 1.68 bits per heavy atom. The molecule has 0 amide bonds. The predicted molar refractivity (Wildman–Crippen MR) is 82.8 cm³/mol. The largest absolute Gasteiger partial charge is 0.494 e. The maximum Gasteiger partial charge on any atom is 0.119 e. The number of rotatable bonds is 6. The molecule has 1 aromatic carbocycles. The van der Waals surface area contributed by atoms with Gasteiger partial charge in [0, 0.05) is 37.2 Å². The maximum absolute atomic E-state index is 5.74. The summed E-state index contributed by atoms with van der Waals surface area (Å²) in [6.45, 7) is 10.2. The van der Waals surface area contributed by atoms with E-state index in [0.29, 0.717) is 0 Å². The van der Waals surface area contributed by atoms with Crippen molar-refractivity contribution in [1.82, 2.24) is 9.80 Å². The van der Waals surface area contributed by atoms with E-state index >= 15 is 0 Å². The van der Waals surface area contributed by atoms with Crippen molar-refractivity contribution in [3.8, 4) is 5.75 Å². The Morgan fingerprint density at radius 3 is 2.32 bits per heavy atom. The second-order valence-electron chi connectivity index (χ2n) is 4.93. The van der Waals surface area contributed by atoms with Crippen molar-refractivity contribution in [2.45, 2.75) is 13.3 Å². The van der Waals surface area contributed by atoms with Gasteiger partial charge < -0.3 is 14.5 Å². The van der Waals surface area contributed by atoms with Gasteiger partial charge in [0.15, 0.2) is 0 Å². The minimum Gasteiger partial charge on any atom is -0.494 e. The first-order chi connectivity index (χ1) is 9.28. The van der Waals surface area contributed by atoms with E-state index in [1.807, 2.05) is 24.3 Å². The van der Waals surface area contributed by atoms with E-state index in [4.69, 9.17) is 4.74 Å². The molecule has 0 unspecified atom stereocenters. The molecule has 1 aromatic rings. The summed E-state index contributed by atoms with van der Waals surface area (Å²) in [5.74, 6) is 0.957. The van der Waals surface area contributed by atoms with Crippen LogP contribution in [0.2, 0.25) is 0 Å². The Balaban J connectivity index is 1.58. The van der Waals surface area contributed by atoms with Crippen molar-refractivity contribution < 1.29 is 4.74 Å². The van der Waals surface area contributed by atoms with Gasteiger partial charge in [0.1, 0.15) is 5.75 Å². The zero-order chi connectivity index (χ0) is 13.5. The summed E-state index contributed by atoms with van der Waals surface area (Å²) in [7, 11) is 0. The Hall–Kier alpha value is -0.580. The van der Waals surface area contributed by atoms with Crippen molar-refractivity contribution in [2.75, 3.05) is 45.9 Å².